The first-order chi connectivity index (χ1) is 8.74. The summed E-state index contributed by atoms with van der Waals surface area (Å²) >= 11 is 6.38. The minimum atomic E-state index is 0.547. The van der Waals surface area contributed by atoms with Crippen molar-refractivity contribution in [2.45, 2.75) is 64.2 Å². The molecule has 1 heterocycles. The molecule has 0 spiro atoms. The smallest absolute Gasteiger partial charge is 0.136 e. The van der Waals surface area contributed by atoms with Gasteiger partial charge in [0, 0.05) is 17.2 Å². The summed E-state index contributed by atoms with van der Waals surface area (Å²) in [5, 5.41) is 0.733. The molecule has 3 rings (SSSR count). The van der Waals surface area contributed by atoms with Gasteiger partial charge in [-0.25, -0.2) is 9.97 Å². The van der Waals surface area contributed by atoms with Crippen molar-refractivity contribution in [1.29, 1.82) is 0 Å². The summed E-state index contributed by atoms with van der Waals surface area (Å²) in [6.07, 6.45) is 9.70. The summed E-state index contributed by atoms with van der Waals surface area (Å²) in [5.41, 5.74) is 2.46. The Morgan fingerprint density at radius 2 is 1.89 bits per heavy atom. The van der Waals surface area contributed by atoms with E-state index in [1.54, 1.807) is 0 Å². The van der Waals surface area contributed by atoms with E-state index in [2.05, 4.69) is 11.9 Å². The van der Waals surface area contributed by atoms with Crippen molar-refractivity contribution in [3.05, 3.63) is 22.2 Å². The Labute approximate surface area is 114 Å². The molecule has 0 aromatic carbocycles. The molecule has 1 aromatic rings. The number of hydrogen-bond donors (Lipinski definition) is 0. The molecule has 0 radical (unpaired) electrons. The topological polar surface area (TPSA) is 25.8 Å². The van der Waals surface area contributed by atoms with E-state index in [9.17, 15) is 0 Å². The monoisotopic (exact) mass is 264 g/mol. The SMILES string of the molecule is CC1CCC(c2nc(Cl)c3c(n2)CCCCC3)C1. The van der Waals surface area contributed by atoms with Gasteiger partial charge in [-0.1, -0.05) is 24.9 Å². The fourth-order valence-electron chi connectivity index (χ4n) is 3.37. The maximum absolute atomic E-state index is 6.38. The first-order valence-electron chi connectivity index (χ1n) is 7.29. The van der Waals surface area contributed by atoms with Crippen LogP contribution in [0.25, 0.3) is 0 Å². The summed E-state index contributed by atoms with van der Waals surface area (Å²) in [6.45, 7) is 2.32. The quantitative estimate of drug-likeness (QED) is 0.558. The zero-order chi connectivity index (χ0) is 12.5. The Morgan fingerprint density at radius 3 is 2.67 bits per heavy atom. The number of rotatable bonds is 1. The van der Waals surface area contributed by atoms with Crippen molar-refractivity contribution < 1.29 is 0 Å². The second kappa shape index (κ2) is 5.16. The minimum Gasteiger partial charge on any atom is -0.237 e. The third kappa shape index (κ3) is 2.40. The summed E-state index contributed by atoms with van der Waals surface area (Å²) < 4.78 is 0. The Kier molecular flexibility index (Phi) is 3.56. The summed E-state index contributed by atoms with van der Waals surface area (Å²) in [6, 6.07) is 0. The van der Waals surface area contributed by atoms with Crippen LogP contribution in [0, 0.1) is 5.92 Å². The lowest BCUT2D eigenvalue weighted by Crippen LogP contribution is -2.08. The Bertz CT molecular complexity index is 444. The summed E-state index contributed by atoms with van der Waals surface area (Å²) in [5.74, 6) is 2.38. The first kappa shape index (κ1) is 12.4. The number of nitrogens with zero attached hydrogens (tertiary/aromatic N) is 2. The van der Waals surface area contributed by atoms with E-state index in [1.807, 2.05) is 0 Å². The van der Waals surface area contributed by atoms with Crippen LogP contribution in [0.15, 0.2) is 0 Å². The number of aryl methyl sites for hydroxylation is 1. The molecule has 1 saturated carbocycles. The van der Waals surface area contributed by atoms with Crippen LogP contribution in [0.1, 0.15) is 68.4 Å². The highest BCUT2D eigenvalue weighted by molar-refractivity contribution is 6.30. The van der Waals surface area contributed by atoms with E-state index in [0.29, 0.717) is 5.92 Å². The van der Waals surface area contributed by atoms with E-state index < -0.39 is 0 Å². The normalized spacial score (nSPS) is 27.9. The van der Waals surface area contributed by atoms with E-state index in [0.717, 1.165) is 29.7 Å². The minimum absolute atomic E-state index is 0.547. The highest BCUT2D eigenvalue weighted by Crippen LogP contribution is 2.37. The van der Waals surface area contributed by atoms with Gasteiger partial charge in [0.25, 0.3) is 0 Å². The fraction of sp³-hybridized carbons (Fsp3) is 0.733. The molecular formula is C15H21ClN2. The third-order valence-electron chi connectivity index (χ3n) is 4.46. The molecular weight excluding hydrogens is 244 g/mol. The van der Waals surface area contributed by atoms with Crippen LogP contribution in [-0.4, -0.2) is 9.97 Å². The van der Waals surface area contributed by atoms with E-state index in [1.165, 1.54) is 49.8 Å². The molecule has 98 valence electrons. The van der Waals surface area contributed by atoms with Crippen LogP contribution in [0.3, 0.4) is 0 Å². The zero-order valence-electron chi connectivity index (χ0n) is 11.1. The molecule has 2 aliphatic rings. The molecule has 3 heteroatoms. The predicted octanol–water partition coefficient (Wildman–Crippen LogP) is 4.30. The molecule has 18 heavy (non-hydrogen) atoms. The molecule has 0 N–H and O–H groups in total. The zero-order valence-corrected chi connectivity index (χ0v) is 11.8. The van der Waals surface area contributed by atoms with Crippen molar-refractivity contribution in [3.63, 3.8) is 0 Å². The van der Waals surface area contributed by atoms with Crippen LogP contribution >= 0.6 is 11.6 Å². The number of halogens is 1. The average molecular weight is 265 g/mol. The molecule has 2 unspecified atom stereocenters. The largest absolute Gasteiger partial charge is 0.237 e. The number of aromatic nitrogens is 2. The summed E-state index contributed by atoms with van der Waals surface area (Å²) in [4.78, 5) is 9.45. The Balaban J connectivity index is 1.92. The Hall–Kier alpha value is -0.630. The number of hydrogen-bond acceptors (Lipinski definition) is 2. The number of fused-ring (bicyclic) bond motifs is 1. The van der Waals surface area contributed by atoms with Crippen LogP contribution in [0.5, 0.6) is 0 Å². The van der Waals surface area contributed by atoms with E-state index >= 15 is 0 Å². The molecule has 0 saturated heterocycles. The van der Waals surface area contributed by atoms with E-state index in [4.69, 9.17) is 16.6 Å². The highest BCUT2D eigenvalue weighted by atomic mass is 35.5. The van der Waals surface area contributed by atoms with Crippen LogP contribution < -0.4 is 0 Å². The lowest BCUT2D eigenvalue weighted by molar-refractivity contribution is 0.583. The third-order valence-corrected chi connectivity index (χ3v) is 4.77. The molecule has 0 amide bonds. The lowest BCUT2D eigenvalue weighted by Gasteiger charge is -2.13. The van der Waals surface area contributed by atoms with Crippen molar-refractivity contribution in [3.8, 4) is 0 Å². The van der Waals surface area contributed by atoms with Gasteiger partial charge in [0.1, 0.15) is 11.0 Å². The van der Waals surface area contributed by atoms with Gasteiger partial charge in [0.15, 0.2) is 0 Å². The first-order valence-corrected chi connectivity index (χ1v) is 7.67. The molecule has 0 aliphatic heterocycles. The van der Waals surface area contributed by atoms with Gasteiger partial charge in [0.2, 0.25) is 0 Å². The van der Waals surface area contributed by atoms with Gasteiger partial charge in [-0.3, -0.25) is 0 Å². The van der Waals surface area contributed by atoms with Crippen molar-refractivity contribution in [1.82, 2.24) is 9.97 Å². The standard InChI is InChI=1S/C15H21ClN2/c1-10-7-8-11(9-10)15-17-13-6-4-2-3-5-12(13)14(16)18-15/h10-11H,2-9H2,1H3. The molecule has 1 aromatic heterocycles. The second-order valence-electron chi connectivity index (χ2n) is 5.97. The maximum atomic E-state index is 6.38. The molecule has 0 bridgehead atoms. The van der Waals surface area contributed by atoms with Gasteiger partial charge in [-0.2, -0.15) is 0 Å². The van der Waals surface area contributed by atoms with Crippen LogP contribution in [-0.2, 0) is 12.8 Å². The van der Waals surface area contributed by atoms with Crippen molar-refractivity contribution >= 4 is 11.6 Å². The van der Waals surface area contributed by atoms with Crippen LogP contribution in [0.4, 0.5) is 0 Å². The molecule has 2 atom stereocenters. The van der Waals surface area contributed by atoms with Crippen molar-refractivity contribution in [2.24, 2.45) is 5.92 Å². The second-order valence-corrected chi connectivity index (χ2v) is 6.33. The van der Waals surface area contributed by atoms with E-state index in [-0.39, 0.29) is 0 Å². The van der Waals surface area contributed by atoms with Gasteiger partial charge >= 0.3 is 0 Å². The molecule has 2 nitrogen and oxygen atoms in total. The van der Waals surface area contributed by atoms with Gasteiger partial charge in [-0.15, -0.1) is 0 Å². The van der Waals surface area contributed by atoms with Crippen LogP contribution in [0.2, 0.25) is 5.15 Å². The van der Waals surface area contributed by atoms with Gasteiger partial charge in [-0.05, 0) is 50.9 Å². The lowest BCUT2D eigenvalue weighted by atomic mass is 10.0. The van der Waals surface area contributed by atoms with Gasteiger partial charge < -0.3 is 0 Å². The molecule has 1 fully saturated rings. The summed E-state index contributed by atoms with van der Waals surface area (Å²) in [7, 11) is 0. The fourth-order valence-corrected chi connectivity index (χ4v) is 3.66. The maximum Gasteiger partial charge on any atom is 0.136 e. The predicted molar refractivity (Wildman–Crippen MR) is 74.1 cm³/mol. The highest BCUT2D eigenvalue weighted by Gasteiger charge is 2.26. The van der Waals surface area contributed by atoms with Gasteiger partial charge in [0.05, 0.1) is 0 Å². The van der Waals surface area contributed by atoms with Crippen molar-refractivity contribution in [2.75, 3.05) is 0 Å². The Morgan fingerprint density at radius 1 is 1.06 bits per heavy atom. The molecule has 2 aliphatic carbocycles. The average Bonchev–Trinajstić information content (AvgIpc) is 2.63.